The van der Waals surface area contributed by atoms with Gasteiger partial charge in [0.2, 0.25) is 0 Å². The van der Waals surface area contributed by atoms with Crippen molar-refractivity contribution in [2.24, 2.45) is 0 Å². The SMILES string of the molecule is CCC(=O)c1ccc(OC(C)CC(=O)OC)cc1. The van der Waals surface area contributed by atoms with Crippen LogP contribution >= 0.6 is 0 Å². The van der Waals surface area contributed by atoms with Gasteiger partial charge in [-0.25, -0.2) is 0 Å². The van der Waals surface area contributed by atoms with Crippen molar-refractivity contribution in [3.8, 4) is 5.75 Å². The standard InChI is InChI=1S/C14H18O4/c1-4-13(15)11-5-7-12(8-6-11)18-10(2)9-14(16)17-3/h5-8,10H,4,9H2,1-3H3. The highest BCUT2D eigenvalue weighted by Gasteiger charge is 2.11. The van der Waals surface area contributed by atoms with Gasteiger partial charge in [-0.15, -0.1) is 0 Å². The van der Waals surface area contributed by atoms with Crippen molar-refractivity contribution in [1.82, 2.24) is 0 Å². The molecule has 4 heteroatoms. The van der Waals surface area contributed by atoms with Crippen LogP contribution in [-0.4, -0.2) is 25.0 Å². The van der Waals surface area contributed by atoms with Gasteiger partial charge in [-0.2, -0.15) is 0 Å². The number of hydrogen-bond donors (Lipinski definition) is 0. The molecule has 0 spiro atoms. The Balaban J connectivity index is 2.58. The first-order valence-electron chi connectivity index (χ1n) is 5.93. The zero-order chi connectivity index (χ0) is 13.5. The molecular weight excluding hydrogens is 232 g/mol. The van der Waals surface area contributed by atoms with Crippen molar-refractivity contribution in [1.29, 1.82) is 0 Å². The van der Waals surface area contributed by atoms with Gasteiger partial charge in [0.05, 0.1) is 13.5 Å². The Morgan fingerprint density at radius 1 is 1.22 bits per heavy atom. The molecule has 0 radical (unpaired) electrons. The van der Waals surface area contributed by atoms with Crippen LogP contribution in [0.3, 0.4) is 0 Å². The Labute approximate surface area is 107 Å². The molecule has 0 saturated heterocycles. The Bertz CT molecular complexity index is 408. The maximum atomic E-state index is 11.4. The van der Waals surface area contributed by atoms with Crippen LogP contribution < -0.4 is 4.74 Å². The number of carbonyl (C=O) groups is 2. The van der Waals surface area contributed by atoms with E-state index in [0.29, 0.717) is 17.7 Å². The summed E-state index contributed by atoms with van der Waals surface area (Å²) < 4.78 is 10.1. The monoisotopic (exact) mass is 250 g/mol. The zero-order valence-corrected chi connectivity index (χ0v) is 10.9. The number of rotatable bonds is 6. The number of carbonyl (C=O) groups excluding carboxylic acids is 2. The lowest BCUT2D eigenvalue weighted by Crippen LogP contribution is -2.17. The molecule has 1 rings (SSSR count). The van der Waals surface area contributed by atoms with Crippen molar-refractivity contribution in [3.63, 3.8) is 0 Å². The second-order valence-corrected chi connectivity index (χ2v) is 4.01. The van der Waals surface area contributed by atoms with Gasteiger partial charge >= 0.3 is 5.97 Å². The highest BCUT2D eigenvalue weighted by molar-refractivity contribution is 5.95. The number of esters is 1. The molecular formula is C14H18O4. The Morgan fingerprint density at radius 3 is 2.33 bits per heavy atom. The van der Waals surface area contributed by atoms with Crippen molar-refractivity contribution in [3.05, 3.63) is 29.8 Å². The molecule has 0 saturated carbocycles. The molecule has 0 aliphatic carbocycles. The van der Waals surface area contributed by atoms with Gasteiger partial charge in [-0.1, -0.05) is 6.92 Å². The average molecular weight is 250 g/mol. The van der Waals surface area contributed by atoms with Gasteiger partial charge in [0.15, 0.2) is 5.78 Å². The molecule has 0 aromatic heterocycles. The predicted molar refractivity (Wildman–Crippen MR) is 67.8 cm³/mol. The van der Waals surface area contributed by atoms with E-state index in [1.165, 1.54) is 7.11 Å². The van der Waals surface area contributed by atoms with Crippen LogP contribution in [0.1, 0.15) is 37.0 Å². The van der Waals surface area contributed by atoms with E-state index in [-0.39, 0.29) is 24.3 Å². The molecule has 0 amide bonds. The first-order chi connectivity index (χ1) is 8.56. The molecule has 0 aliphatic rings. The molecule has 1 aromatic rings. The van der Waals surface area contributed by atoms with E-state index in [9.17, 15) is 9.59 Å². The molecule has 1 atom stereocenters. The molecule has 1 aromatic carbocycles. The van der Waals surface area contributed by atoms with Crippen molar-refractivity contribution >= 4 is 11.8 Å². The van der Waals surface area contributed by atoms with Crippen LogP contribution in [0.25, 0.3) is 0 Å². The third-order valence-electron chi connectivity index (χ3n) is 2.52. The summed E-state index contributed by atoms with van der Waals surface area (Å²) in [5.74, 6) is 0.434. The van der Waals surface area contributed by atoms with Crippen molar-refractivity contribution in [2.45, 2.75) is 32.8 Å². The van der Waals surface area contributed by atoms with E-state index in [1.807, 2.05) is 6.92 Å². The predicted octanol–water partition coefficient (Wildman–Crippen LogP) is 2.61. The molecule has 0 N–H and O–H groups in total. The minimum absolute atomic E-state index is 0.101. The molecule has 4 nitrogen and oxygen atoms in total. The van der Waals surface area contributed by atoms with Crippen molar-refractivity contribution in [2.75, 3.05) is 7.11 Å². The second-order valence-electron chi connectivity index (χ2n) is 4.01. The third-order valence-corrected chi connectivity index (χ3v) is 2.52. The Hall–Kier alpha value is -1.84. The van der Waals surface area contributed by atoms with E-state index in [0.717, 1.165) is 0 Å². The van der Waals surface area contributed by atoms with Crippen LogP contribution in [-0.2, 0) is 9.53 Å². The maximum Gasteiger partial charge on any atom is 0.309 e. The number of methoxy groups -OCH3 is 1. The largest absolute Gasteiger partial charge is 0.490 e. The fraction of sp³-hybridized carbons (Fsp3) is 0.429. The summed E-state index contributed by atoms with van der Waals surface area (Å²) in [6.45, 7) is 3.62. The molecule has 0 heterocycles. The molecule has 1 unspecified atom stereocenters. The Kier molecular flexibility index (Phi) is 5.36. The van der Waals surface area contributed by atoms with Crippen LogP contribution in [0.4, 0.5) is 0 Å². The third kappa shape index (κ3) is 4.20. The second kappa shape index (κ2) is 6.79. The number of ketones is 1. The van der Waals surface area contributed by atoms with Crippen LogP contribution in [0.5, 0.6) is 5.75 Å². The number of Topliss-reactive ketones (excluding diaryl/α,β-unsaturated/α-hetero) is 1. The summed E-state index contributed by atoms with van der Waals surface area (Å²) in [6.07, 6.45) is 0.427. The summed E-state index contributed by atoms with van der Waals surface area (Å²) in [4.78, 5) is 22.5. The summed E-state index contributed by atoms with van der Waals surface area (Å²) in [5.41, 5.74) is 0.672. The minimum atomic E-state index is -0.305. The highest BCUT2D eigenvalue weighted by atomic mass is 16.5. The lowest BCUT2D eigenvalue weighted by molar-refractivity contribution is -0.142. The molecule has 98 valence electrons. The number of hydrogen-bond acceptors (Lipinski definition) is 4. The number of ether oxygens (including phenoxy) is 2. The van der Waals surface area contributed by atoms with Gasteiger partial charge in [-0.05, 0) is 31.2 Å². The zero-order valence-electron chi connectivity index (χ0n) is 10.9. The fourth-order valence-corrected chi connectivity index (χ4v) is 1.52. The Morgan fingerprint density at radius 2 is 1.83 bits per heavy atom. The smallest absolute Gasteiger partial charge is 0.309 e. The maximum absolute atomic E-state index is 11.4. The molecule has 18 heavy (non-hydrogen) atoms. The normalized spacial score (nSPS) is 11.7. The number of benzene rings is 1. The highest BCUT2D eigenvalue weighted by Crippen LogP contribution is 2.16. The lowest BCUT2D eigenvalue weighted by atomic mass is 10.1. The van der Waals surface area contributed by atoms with E-state index in [1.54, 1.807) is 31.2 Å². The van der Waals surface area contributed by atoms with E-state index >= 15 is 0 Å². The first-order valence-corrected chi connectivity index (χ1v) is 5.93. The average Bonchev–Trinajstić information content (AvgIpc) is 2.38. The first kappa shape index (κ1) is 14.2. The quantitative estimate of drug-likeness (QED) is 0.575. The van der Waals surface area contributed by atoms with Gasteiger partial charge < -0.3 is 9.47 Å². The van der Waals surface area contributed by atoms with E-state index in [2.05, 4.69) is 4.74 Å². The van der Waals surface area contributed by atoms with Crippen LogP contribution in [0, 0.1) is 0 Å². The molecule has 0 aliphatic heterocycles. The summed E-state index contributed by atoms with van der Waals surface area (Å²) in [7, 11) is 1.35. The minimum Gasteiger partial charge on any atom is -0.490 e. The molecule has 0 fully saturated rings. The van der Waals surface area contributed by atoms with Gasteiger partial charge in [0.1, 0.15) is 11.9 Å². The van der Waals surface area contributed by atoms with Gasteiger partial charge in [-0.3, -0.25) is 9.59 Å². The van der Waals surface area contributed by atoms with E-state index < -0.39 is 0 Å². The molecule has 0 bridgehead atoms. The summed E-state index contributed by atoms with van der Waals surface area (Å²) >= 11 is 0. The van der Waals surface area contributed by atoms with E-state index in [4.69, 9.17) is 4.74 Å². The van der Waals surface area contributed by atoms with Crippen LogP contribution in [0.15, 0.2) is 24.3 Å². The fourth-order valence-electron chi connectivity index (χ4n) is 1.52. The van der Waals surface area contributed by atoms with Gasteiger partial charge in [0, 0.05) is 12.0 Å². The van der Waals surface area contributed by atoms with Crippen molar-refractivity contribution < 1.29 is 19.1 Å². The van der Waals surface area contributed by atoms with Crippen LogP contribution in [0.2, 0.25) is 0 Å². The summed E-state index contributed by atoms with van der Waals surface area (Å²) in [6, 6.07) is 6.92. The lowest BCUT2D eigenvalue weighted by Gasteiger charge is -2.13. The van der Waals surface area contributed by atoms with Gasteiger partial charge in [0.25, 0.3) is 0 Å². The summed E-state index contributed by atoms with van der Waals surface area (Å²) in [5, 5.41) is 0. The topological polar surface area (TPSA) is 52.6 Å².